The maximum atomic E-state index is 12.6. The number of aliphatic hydroxyl groups is 1. The molecule has 0 unspecified atom stereocenters. The van der Waals surface area contributed by atoms with Crippen LogP contribution in [0.5, 0.6) is 0 Å². The predicted molar refractivity (Wildman–Crippen MR) is 61.5 cm³/mol. The third-order valence-electron chi connectivity index (χ3n) is 2.12. The Bertz CT molecular complexity index is 538. The lowest BCUT2D eigenvalue weighted by Crippen LogP contribution is -2.41. The van der Waals surface area contributed by atoms with E-state index >= 15 is 0 Å². The normalized spacial score (nSPS) is 10.9. The van der Waals surface area contributed by atoms with Gasteiger partial charge in [0.25, 0.3) is 5.91 Å². The highest BCUT2D eigenvalue weighted by atomic mass is 19.3. The Kier molecular flexibility index (Phi) is 5.46. The third kappa shape index (κ3) is 4.51. The first-order valence-electron chi connectivity index (χ1n) is 5.36. The van der Waals surface area contributed by atoms with E-state index < -0.39 is 31.4 Å². The molecule has 0 bridgehead atoms. The van der Waals surface area contributed by atoms with Gasteiger partial charge in [-0.15, -0.1) is 0 Å². The maximum absolute atomic E-state index is 12.6. The van der Waals surface area contributed by atoms with Crippen molar-refractivity contribution in [1.82, 2.24) is 10.3 Å². The van der Waals surface area contributed by atoms with Crippen molar-refractivity contribution in [2.24, 2.45) is 0 Å². The van der Waals surface area contributed by atoms with Crippen molar-refractivity contribution < 1.29 is 27.5 Å². The van der Waals surface area contributed by atoms with Crippen LogP contribution < -0.4 is 5.32 Å². The molecule has 2 N–H and O–H groups in total. The molecular weight excluding hydrogens is 280 g/mol. The van der Waals surface area contributed by atoms with Crippen LogP contribution in [0.2, 0.25) is 0 Å². The number of alkyl halides is 4. The number of carbonyl (C=O) groups is 1. The standard InChI is InChI=1S/C12H10F4N2O2/c13-11(14)12(15,16)7-18-10(20)9-4-8(2-1-3-19)5-17-6-9/h4-6,11,19H,3,7H2,(H,18,20). The van der Waals surface area contributed by atoms with Crippen LogP contribution >= 0.6 is 0 Å². The quantitative estimate of drug-likeness (QED) is 0.644. The van der Waals surface area contributed by atoms with Gasteiger partial charge >= 0.3 is 12.3 Å². The van der Waals surface area contributed by atoms with Gasteiger partial charge in [0.05, 0.1) is 12.1 Å². The van der Waals surface area contributed by atoms with Gasteiger partial charge in [0.2, 0.25) is 0 Å². The topological polar surface area (TPSA) is 62.2 Å². The van der Waals surface area contributed by atoms with Gasteiger partial charge in [-0.25, -0.2) is 8.78 Å². The first-order valence-corrected chi connectivity index (χ1v) is 5.36. The van der Waals surface area contributed by atoms with E-state index in [1.807, 2.05) is 0 Å². The lowest BCUT2D eigenvalue weighted by Gasteiger charge is -2.15. The van der Waals surface area contributed by atoms with Gasteiger partial charge in [-0.2, -0.15) is 8.78 Å². The Morgan fingerprint density at radius 3 is 2.75 bits per heavy atom. The molecule has 8 heteroatoms. The second-order valence-electron chi connectivity index (χ2n) is 3.67. The summed E-state index contributed by atoms with van der Waals surface area (Å²) in [4.78, 5) is 15.2. The van der Waals surface area contributed by atoms with E-state index in [4.69, 9.17) is 5.11 Å². The van der Waals surface area contributed by atoms with Crippen LogP contribution in [0.15, 0.2) is 18.5 Å². The summed E-state index contributed by atoms with van der Waals surface area (Å²) >= 11 is 0. The van der Waals surface area contributed by atoms with Gasteiger partial charge in [0, 0.05) is 18.0 Å². The maximum Gasteiger partial charge on any atom is 0.324 e. The Morgan fingerprint density at radius 1 is 1.45 bits per heavy atom. The molecule has 0 fully saturated rings. The molecule has 1 aromatic rings. The van der Waals surface area contributed by atoms with Crippen molar-refractivity contribution in [3.05, 3.63) is 29.6 Å². The molecule has 0 aliphatic rings. The van der Waals surface area contributed by atoms with Crippen LogP contribution in [0.1, 0.15) is 15.9 Å². The van der Waals surface area contributed by atoms with Gasteiger partial charge < -0.3 is 10.4 Å². The van der Waals surface area contributed by atoms with Crippen molar-refractivity contribution in [3.63, 3.8) is 0 Å². The number of aliphatic hydroxyl groups excluding tert-OH is 1. The summed E-state index contributed by atoms with van der Waals surface area (Å²) in [5.74, 6) is -0.475. The smallest absolute Gasteiger partial charge is 0.324 e. The van der Waals surface area contributed by atoms with E-state index in [1.165, 1.54) is 12.3 Å². The number of hydrogen-bond donors (Lipinski definition) is 2. The van der Waals surface area contributed by atoms with Crippen molar-refractivity contribution in [2.75, 3.05) is 13.2 Å². The molecule has 1 rings (SSSR count). The number of hydrogen-bond acceptors (Lipinski definition) is 3. The molecule has 0 atom stereocenters. The van der Waals surface area contributed by atoms with Gasteiger partial charge in [-0.3, -0.25) is 9.78 Å². The van der Waals surface area contributed by atoms with Gasteiger partial charge in [0.15, 0.2) is 0 Å². The average molecular weight is 290 g/mol. The van der Waals surface area contributed by atoms with E-state index in [0.29, 0.717) is 0 Å². The van der Waals surface area contributed by atoms with Crippen molar-refractivity contribution >= 4 is 5.91 Å². The predicted octanol–water partition coefficient (Wildman–Crippen LogP) is 1.06. The molecule has 0 saturated heterocycles. The summed E-state index contributed by atoms with van der Waals surface area (Å²) in [6.45, 7) is -1.87. The Labute approximate surface area is 111 Å². The molecule has 1 heterocycles. The molecular formula is C12H10F4N2O2. The fraction of sp³-hybridized carbons (Fsp3) is 0.333. The zero-order valence-corrected chi connectivity index (χ0v) is 10.0. The minimum absolute atomic E-state index is 0.0974. The summed E-state index contributed by atoms with van der Waals surface area (Å²) in [6.07, 6.45) is -1.48. The minimum atomic E-state index is -4.29. The molecule has 0 radical (unpaired) electrons. The Balaban J connectivity index is 2.73. The Hall–Kier alpha value is -2.14. The highest BCUT2D eigenvalue weighted by molar-refractivity contribution is 5.94. The zero-order valence-electron chi connectivity index (χ0n) is 10.0. The summed E-state index contributed by atoms with van der Waals surface area (Å²) in [6, 6.07) is 1.24. The summed E-state index contributed by atoms with van der Waals surface area (Å²) in [5.41, 5.74) is 0.187. The fourth-order valence-electron chi connectivity index (χ4n) is 1.15. The summed E-state index contributed by atoms with van der Waals surface area (Å²) in [5, 5.41) is 10.2. The summed E-state index contributed by atoms with van der Waals surface area (Å²) in [7, 11) is 0. The molecule has 20 heavy (non-hydrogen) atoms. The van der Waals surface area contributed by atoms with Crippen LogP contribution in [0, 0.1) is 11.8 Å². The van der Waals surface area contributed by atoms with Crippen molar-refractivity contribution in [3.8, 4) is 11.8 Å². The van der Waals surface area contributed by atoms with Crippen molar-refractivity contribution in [1.29, 1.82) is 0 Å². The lowest BCUT2D eigenvalue weighted by atomic mass is 10.2. The van der Waals surface area contributed by atoms with Gasteiger partial charge in [0.1, 0.15) is 6.61 Å². The monoisotopic (exact) mass is 290 g/mol. The Morgan fingerprint density at radius 2 is 2.15 bits per heavy atom. The van der Waals surface area contributed by atoms with E-state index in [-0.39, 0.29) is 11.1 Å². The second kappa shape index (κ2) is 6.86. The minimum Gasteiger partial charge on any atom is -0.384 e. The zero-order chi connectivity index (χ0) is 15.2. The highest BCUT2D eigenvalue weighted by Gasteiger charge is 2.40. The van der Waals surface area contributed by atoms with E-state index in [1.54, 1.807) is 5.32 Å². The number of carbonyl (C=O) groups excluding carboxylic acids is 1. The highest BCUT2D eigenvalue weighted by Crippen LogP contribution is 2.21. The molecule has 0 aromatic carbocycles. The van der Waals surface area contributed by atoms with E-state index in [9.17, 15) is 22.4 Å². The number of aromatic nitrogens is 1. The number of halogens is 4. The molecule has 0 aliphatic carbocycles. The molecule has 1 aromatic heterocycles. The fourth-order valence-corrected chi connectivity index (χ4v) is 1.15. The van der Waals surface area contributed by atoms with Crippen LogP contribution in [0.3, 0.4) is 0 Å². The largest absolute Gasteiger partial charge is 0.384 e. The SMILES string of the molecule is O=C(NCC(F)(F)C(F)F)c1cncc(C#CCO)c1. The molecule has 4 nitrogen and oxygen atoms in total. The third-order valence-corrected chi connectivity index (χ3v) is 2.12. The molecule has 0 aliphatic heterocycles. The first-order chi connectivity index (χ1) is 9.36. The van der Waals surface area contributed by atoms with Crippen molar-refractivity contribution in [2.45, 2.75) is 12.3 Å². The number of nitrogens with one attached hydrogen (secondary N) is 1. The number of rotatable bonds is 4. The van der Waals surface area contributed by atoms with E-state index in [2.05, 4.69) is 16.8 Å². The molecule has 108 valence electrons. The number of nitrogens with zero attached hydrogens (tertiary/aromatic N) is 1. The molecule has 0 spiro atoms. The number of amides is 1. The van der Waals surface area contributed by atoms with Crippen LogP contribution in [-0.4, -0.2) is 41.5 Å². The molecule has 1 amide bonds. The first kappa shape index (κ1) is 15.9. The van der Waals surface area contributed by atoms with E-state index in [0.717, 1.165) is 6.20 Å². The van der Waals surface area contributed by atoms with Crippen LogP contribution in [-0.2, 0) is 0 Å². The van der Waals surface area contributed by atoms with Gasteiger partial charge in [-0.1, -0.05) is 11.8 Å². The summed E-state index contributed by atoms with van der Waals surface area (Å²) < 4.78 is 49.1. The van der Waals surface area contributed by atoms with Crippen LogP contribution in [0.25, 0.3) is 0 Å². The average Bonchev–Trinajstić information content (AvgIpc) is 2.42. The molecule has 0 saturated carbocycles. The van der Waals surface area contributed by atoms with Gasteiger partial charge in [-0.05, 0) is 6.07 Å². The number of pyridine rings is 1. The van der Waals surface area contributed by atoms with Crippen LogP contribution in [0.4, 0.5) is 17.6 Å². The lowest BCUT2D eigenvalue weighted by molar-refractivity contribution is -0.123. The second-order valence-corrected chi connectivity index (χ2v) is 3.67.